The number of nitrogens with zero attached hydrogens (tertiary/aromatic N) is 2. The van der Waals surface area contributed by atoms with E-state index in [4.69, 9.17) is 0 Å². The second-order valence-electron chi connectivity index (χ2n) is 7.20. The smallest absolute Gasteiger partial charge is 0.195 e. The number of hydrogen-bond acceptors (Lipinski definition) is 2. The molecule has 0 aliphatic rings. The summed E-state index contributed by atoms with van der Waals surface area (Å²) in [5.74, 6) is -0.501. The first kappa shape index (κ1) is 18.1. The average molecular weight is 395 g/mol. The van der Waals surface area contributed by atoms with E-state index in [1.54, 1.807) is 12.5 Å². The van der Waals surface area contributed by atoms with E-state index in [0.29, 0.717) is 17.7 Å². The molecule has 0 saturated carbocycles. The van der Waals surface area contributed by atoms with Crippen LogP contribution in [0.3, 0.4) is 0 Å². The van der Waals surface area contributed by atoms with Crippen molar-refractivity contribution in [1.29, 1.82) is 0 Å². The van der Waals surface area contributed by atoms with Crippen LogP contribution >= 0.6 is 0 Å². The number of ketones is 1. The molecule has 0 fully saturated rings. The second kappa shape index (κ2) is 7.44. The Kier molecular flexibility index (Phi) is 4.48. The Morgan fingerprint density at radius 1 is 0.933 bits per heavy atom. The second-order valence-corrected chi connectivity index (χ2v) is 7.20. The molecule has 0 aliphatic heterocycles. The van der Waals surface area contributed by atoms with Crippen LogP contribution in [0.15, 0.2) is 91.6 Å². The first-order chi connectivity index (χ1) is 14.7. The summed E-state index contributed by atoms with van der Waals surface area (Å²) in [5.41, 5.74) is 3.81. The van der Waals surface area contributed by atoms with Crippen LogP contribution in [0.25, 0.3) is 21.9 Å². The molecule has 3 aromatic carbocycles. The summed E-state index contributed by atoms with van der Waals surface area (Å²) in [6.07, 6.45) is 7.23. The molecule has 5 heteroatoms. The maximum Gasteiger partial charge on any atom is 0.195 e. The fourth-order valence-corrected chi connectivity index (χ4v) is 3.78. The van der Waals surface area contributed by atoms with E-state index in [1.165, 1.54) is 24.3 Å². The number of aromatic nitrogens is 3. The van der Waals surface area contributed by atoms with Crippen LogP contribution < -0.4 is 0 Å². The molecule has 1 N–H and O–H groups in total. The van der Waals surface area contributed by atoms with Gasteiger partial charge in [-0.15, -0.1) is 0 Å². The van der Waals surface area contributed by atoms with Crippen LogP contribution in [0, 0.1) is 5.82 Å². The first-order valence-electron chi connectivity index (χ1n) is 9.64. The number of rotatable bonds is 5. The lowest BCUT2D eigenvalue weighted by atomic mass is 9.94. The van der Waals surface area contributed by atoms with Crippen LogP contribution in [0.2, 0.25) is 0 Å². The van der Waals surface area contributed by atoms with E-state index in [0.717, 1.165) is 27.6 Å². The Morgan fingerprint density at radius 3 is 2.53 bits per heavy atom. The minimum absolute atomic E-state index is 0.138. The van der Waals surface area contributed by atoms with Crippen LogP contribution in [-0.2, 0) is 6.54 Å². The van der Waals surface area contributed by atoms with Crippen molar-refractivity contribution in [3.63, 3.8) is 0 Å². The summed E-state index contributed by atoms with van der Waals surface area (Å²) in [6, 6.07) is 19.9. The van der Waals surface area contributed by atoms with E-state index < -0.39 is 0 Å². The van der Waals surface area contributed by atoms with Crippen molar-refractivity contribution in [3.8, 4) is 11.1 Å². The average Bonchev–Trinajstić information content (AvgIpc) is 3.44. The first-order valence-corrected chi connectivity index (χ1v) is 9.64. The molecule has 0 unspecified atom stereocenters. The summed E-state index contributed by atoms with van der Waals surface area (Å²) in [6.45, 7) is 0.564. The third kappa shape index (κ3) is 3.31. The van der Waals surface area contributed by atoms with Crippen molar-refractivity contribution >= 4 is 16.6 Å². The summed E-state index contributed by atoms with van der Waals surface area (Å²) in [4.78, 5) is 20.5. The number of carbonyl (C=O) groups excluding carboxylic acids is 1. The Balaban J connectivity index is 1.67. The summed E-state index contributed by atoms with van der Waals surface area (Å²) in [7, 11) is 0. The number of H-pyrrole nitrogens is 1. The number of halogens is 1. The van der Waals surface area contributed by atoms with Crippen molar-refractivity contribution < 1.29 is 9.18 Å². The molecule has 5 aromatic rings. The number of carbonyl (C=O) groups is 1. The normalized spacial score (nSPS) is 11.1. The molecule has 2 heterocycles. The minimum atomic E-state index is -0.363. The van der Waals surface area contributed by atoms with Gasteiger partial charge in [-0.05, 0) is 40.6 Å². The lowest BCUT2D eigenvalue weighted by molar-refractivity contribution is 0.103. The highest BCUT2D eigenvalue weighted by Gasteiger charge is 2.19. The largest absolute Gasteiger partial charge is 0.347 e. The van der Waals surface area contributed by atoms with Gasteiger partial charge in [-0.1, -0.05) is 42.5 Å². The standard InChI is InChI=1S/C25H18FN3O/c26-19-10-8-18(9-11-19)25(30)24-15-29(13-20-12-27-16-28-20)14-23(24)22-7-3-5-17-4-1-2-6-21(17)22/h1-12,14-16H,13H2,(H,27,28). The van der Waals surface area contributed by atoms with Gasteiger partial charge in [0.25, 0.3) is 0 Å². The number of fused-ring (bicyclic) bond motifs is 1. The fourth-order valence-electron chi connectivity index (χ4n) is 3.78. The van der Waals surface area contributed by atoms with Crippen LogP contribution in [0.4, 0.5) is 4.39 Å². The van der Waals surface area contributed by atoms with Crippen LogP contribution in [0.5, 0.6) is 0 Å². The Morgan fingerprint density at radius 2 is 1.73 bits per heavy atom. The predicted molar refractivity (Wildman–Crippen MR) is 115 cm³/mol. The van der Waals surface area contributed by atoms with E-state index in [9.17, 15) is 9.18 Å². The van der Waals surface area contributed by atoms with E-state index >= 15 is 0 Å². The van der Waals surface area contributed by atoms with Crippen molar-refractivity contribution in [2.45, 2.75) is 6.54 Å². The summed E-state index contributed by atoms with van der Waals surface area (Å²) < 4.78 is 15.3. The molecule has 0 saturated heterocycles. The summed E-state index contributed by atoms with van der Waals surface area (Å²) >= 11 is 0. The predicted octanol–water partition coefficient (Wildman–Crippen LogP) is 5.45. The molecule has 4 nitrogen and oxygen atoms in total. The van der Waals surface area contributed by atoms with Gasteiger partial charge in [-0.25, -0.2) is 9.37 Å². The molecule has 0 aliphatic carbocycles. The number of imidazole rings is 1. The molecule has 0 amide bonds. The number of nitrogens with one attached hydrogen (secondary N) is 1. The van der Waals surface area contributed by atoms with Gasteiger partial charge in [-0.3, -0.25) is 4.79 Å². The molecule has 0 radical (unpaired) electrons. The van der Waals surface area contributed by atoms with Crippen molar-refractivity contribution in [2.75, 3.05) is 0 Å². The molecular weight excluding hydrogens is 377 g/mol. The third-order valence-corrected chi connectivity index (χ3v) is 5.22. The van der Waals surface area contributed by atoms with Gasteiger partial charge in [-0.2, -0.15) is 0 Å². The highest BCUT2D eigenvalue weighted by molar-refractivity contribution is 6.14. The molecule has 30 heavy (non-hydrogen) atoms. The highest BCUT2D eigenvalue weighted by Crippen LogP contribution is 2.33. The molecule has 146 valence electrons. The minimum Gasteiger partial charge on any atom is -0.347 e. The van der Waals surface area contributed by atoms with E-state index in [-0.39, 0.29) is 11.6 Å². The lowest BCUT2D eigenvalue weighted by Crippen LogP contribution is -2.02. The lowest BCUT2D eigenvalue weighted by Gasteiger charge is -2.08. The Hall–Kier alpha value is -3.99. The van der Waals surface area contributed by atoms with E-state index in [1.807, 2.05) is 41.2 Å². The number of benzene rings is 3. The number of hydrogen-bond donors (Lipinski definition) is 1. The quantitative estimate of drug-likeness (QED) is 0.402. The van der Waals surface area contributed by atoms with Crippen molar-refractivity contribution in [3.05, 3.63) is 114 Å². The van der Waals surface area contributed by atoms with Gasteiger partial charge in [0, 0.05) is 35.3 Å². The zero-order valence-electron chi connectivity index (χ0n) is 16.0. The van der Waals surface area contributed by atoms with Gasteiger partial charge in [0.05, 0.1) is 18.6 Å². The number of aromatic amines is 1. The topological polar surface area (TPSA) is 50.7 Å². The Bertz CT molecular complexity index is 1330. The molecule has 2 aromatic heterocycles. The molecule has 0 bridgehead atoms. The zero-order valence-corrected chi connectivity index (χ0v) is 16.0. The van der Waals surface area contributed by atoms with E-state index in [2.05, 4.69) is 28.2 Å². The Labute approximate surface area is 172 Å². The fraction of sp³-hybridized carbons (Fsp3) is 0.0400. The molecule has 0 spiro atoms. The molecule has 5 rings (SSSR count). The highest BCUT2D eigenvalue weighted by atomic mass is 19.1. The maximum atomic E-state index is 13.4. The van der Waals surface area contributed by atoms with Gasteiger partial charge in [0.15, 0.2) is 5.78 Å². The van der Waals surface area contributed by atoms with Crippen molar-refractivity contribution in [2.24, 2.45) is 0 Å². The monoisotopic (exact) mass is 395 g/mol. The molecular formula is C25H18FN3O. The van der Waals surface area contributed by atoms with Crippen LogP contribution in [-0.4, -0.2) is 20.3 Å². The van der Waals surface area contributed by atoms with Gasteiger partial charge in [0.2, 0.25) is 0 Å². The third-order valence-electron chi connectivity index (χ3n) is 5.22. The summed E-state index contributed by atoms with van der Waals surface area (Å²) in [5, 5.41) is 2.18. The van der Waals surface area contributed by atoms with Gasteiger partial charge < -0.3 is 9.55 Å². The SMILES string of the molecule is O=C(c1ccc(F)cc1)c1cn(Cc2cnc[nH]2)cc1-c1cccc2ccccc12. The van der Waals surface area contributed by atoms with Crippen molar-refractivity contribution in [1.82, 2.24) is 14.5 Å². The maximum absolute atomic E-state index is 13.4. The van der Waals surface area contributed by atoms with Crippen LogP contribution in [0.1, 0.15) is 21.6 Å². The van der Waals surface area contributed by atoms with Gasteiger partial charge in [0.1, 0.15) is 5.82 Å². The van der Waals surface area contributed by atoms with Gasteiger partial charge >= 0.3 is 0 Å². The zero-order chi connectivity index (χ0) is 20.5. The molecule has 0 atom stereocenters.